The molecule has 0 amide bonds. The Bertz CT molecular complexity index is 203. The van der Waals surface area contributed by atoms with E-state index in [2.05, 4.69) is 11.8 Å². The highest BCUT2D eigenvalue weighted by molar-refractivity contribution is 7.99. The summed E-state index contributed by atoms with van der Waals surface area (Å²) in [5.41, 5.74) is 0.237. The summed E-state index contributed by atoms with van der Waals surface area (Å²) in [6.45, 7) is 4.97. The SMILES string of the molecule is CC1N2CCC(CC2)C12CSCO2. The Morgan fingerprint density at radius 3 is 2.69 bits per heavy atom. The first-order valence-corrected chi connectivity index (χ1v) is 6.44. The summed E-state index contributed by atoms with van der Waals surface area (Å²) in [6, 6.07) is 0.662. The molecule has 13 heavy (non-hydrogen) atoms. The zero-order chi connectivity index (χ0) is 8.89. The summed E-state index contributed by atoms with van der Waals surface area (Å²) in [4.78, 5) is 2.62. The van der Waals surface area contributed by atoms with Gasteiger partial charge in [-0.1, -0.05) is 0 Å². The van der Waals surface area contributed by atoms with Crippen LogP contribution in [0.5, 0.6) is 0 Å². The molecule has 0 N–H and O–H groups in total. The van der Waals surface area contributed by atoms with Gasteiger partial charge in [-0.25, -0.2) is 0 Å². The van der Waals surface area contributed by atoms with Crippen LogP contribution in [0.2, 0.25) is 0 Å². The zero-order valence-electron chi connectivity index (χ0n) is 8.16. The molecule has 3 heteroatoms. The predicted molar refractivity (Wildman–Crippen MR) is 54.9 cm³/mol. The van der Waals surface area contributed by atoms with Crippen molar-refractivity contribution in [3.63, 3.8) is 0 Å². The molecule has 0 saturated carbocycles. The van der Waals surface area contributed by atoms with Gasteiger partial charge in [0, 0.05) is 11.8 Å². The Kier molecular flexibility index (Phi) is 1.90. The summed E-state index contributed by atoms with van der Waals surface area (Å²) < 4.78 is 6.05. The van der Waals surface area contributed by atoms with Crippen molar-refractivity contribution in [2.24, 2.45) is 5.92 Å². The van der Waals surface area contributed by atoms with E-state index in [1.165, 1.54) is 31.7 Å². The molecule has 2 bridgehead atoms. The Balaban J connectivity index is 1.93. The van der Waals surface area contributed by atoms with E-state index in [0.29, 0.717) is 6.04 Å². The van der Waals surface area contributed by atoms with Crippen molar-refractivity contribution in [2.75, 3.05) is 24.8 Å². The average molecular weight is 199 g/mol. The van der Waals surface area contributed by atoms with Gasteiger partial charge in [0.25, 0.3) is 0 Å². The summed E-state index contributed by atoms with van der Waals surface area (Å²) in [7, 11) is 0. The van der Waals surface area contributed by atoms with E-state index in [0.717, 1.165) is 11.9 Å². The van der Waals surface area contributed by atoms with Crippen LogP contribution in [-0.2, 0) is 4.74 Å². The fourth-order valence-electron chi connectivity index (χ4n) is 3.30. The highest BCUT2D eigenvalue weighted by Crippen LogP contribution is 2.47. The van der Waals surface area contributed by atoms with Crippen LogP contribution in [0.4, 0.5) is 0 Å². The maximum atomic E-state index is 6.05. The molecule has 0 aliphatic carbocycles. The minimum Gasteiger partial charge on any atom is -0.362 e. The molecule has 1 spiro atoms. The van der Waals surface area contributed by atoms with Crippen LogP contribution in [0.15, 0.2) is 0 Å². The molecule has 0 aromatic carbocycles. The lowest BCUT2D eigenvalue weighted by molar-refractivity contribution is -0.150. The third-order valence-corrected chi connectivity index (χ3v) is 5.15. The van der Waals surface area contributed by atoms with Crippen LogP contribution in [0.1, 0.15) is 19.8 Å². The van der Waals surface area contributed by atoms with Gasteiger partial charge in [-0.2, -0.15) is 0 Å². The number of hydrogen-bond acceptors (Lipinski definition) is 3. The number of piperidine rings is 3. The largest absolute Gasteiger partial charge is 0.362 e. The molecular weight excluding hydrogens is 182 g/mol. The van der Waals surface area contributed by atoms with Gasteiger partial charge in [0.05, 0.1) is 11.5 Å². The lowest BCUT2D eigenvalue weighted by atomic mass is 9.71. The Labute approximate surface area is 84.0 Å². The molecule has 74 valence electrons. The van der Waals surface area contributed by atoms with Crippen LogP contribution < -0.4 is 0 Å². The molecule has 4 aliphatic heterocycles. The van der Waals surface area contributed by atoms with Gasteiger partial charge in [0.1, 0.15) is 0 Å². The first-order valence-electron chi connectivity index (χ1n) is 5.29. The molecule has 2 unspecified atom stereocenters. The van der Waals surface area contributed by atoms with Crippen molar-refractivity contribution in [3.05, 3.63) is 0 Å². The maximum Gasteiger partial charge on any atom is 0.0965 e. The summed E-state index contributed by atoms with van der Waals surface area (Å²) in [5, 5.41) is 0. The van der Waals surface area contributed by atoms with Crippen LogP contribution in [0.25, 0.3) is 0 Å². The van der Waals surface area contributed by atoms with E-state index in [9.17, 15) is 0 Å². The van der Waals surface area contributed by atoms with Crippen LogP contribution >= 0.6 is 11.8 Å². The lowest BCUT2D eigenvalue weighted by Crippen LogP contribution is -2.65. The fraction of sp³-hybridized carbons (Fsp3) is 1.00. The normalized spacial score (nSPS) is 54.7. The first-order chi connectivity index (χ1) is 6.33. The molecule has 4 aliphatic rings. The molecule has 0 aromatic rings. The quantitative estimate of drug-likeness (QED) is 0.587. The van der Waals surface area contributed by atoms with Gasteiger partial charge in [-0.3, -0.25) is 4.90 Å². The topological polar surface area (TPSA) is 12.5 Å². The molecule has 4 fully saturated rings. The van der Waals surface area contributed by atoms with Crippen molar-refractivity contribution >= 4 is 11.8 Å². The van der Waals surface area contributed by atoms with Gasteiger partial charge in [0.2, 0.25) is 0 Å². The number of thioether (sulfide) groups is 1. The van der Waals surface area contributed by atoms with Crippen molar-refractivity contribution < 1.29 is 4.74 Å². The lowest BCUT2D eigenvalue weighted by Gasteiger charge is -2.55. The van der Waals surface area contributed by atoms with Crippen LogP contribution in [-0.4, -0.2) is 41.3 Å². The van der Waals surface area contributed by atoms with Crippen molar-refractivity contribution in [1.29, 1.82) is 0 Å². The van der Waals surface area contributed by atoms with E-state index in [1.54, 1.807) is 0 Å². The van der Waals surface area contributed by atoms with Crippen molar-refractivity contribution in [3.8, 4) is 0 Å². The number of fused-ring (bicyclic) bond motifs is 2. The average Bonchev–Trinajstić information content (AvgIpc) is 2.64. The molecule has 4 rings (SSSR count). The number of hydrogen-bond donors (Lipinski definition) is 0. The minimum atomic E-state index is 0.237. The molecule has 2 atom stereocenters. The highest BCUT2D eigenvalue weighted by Gasteiger charge is 2.54. The monoisotopic (exact) mass is 199 g/mol. The van der Waals surface area contributed by atoms with Gasteiger partial charge in [-0.05, 0) is 38.8 Å². The summed E-state index contributed by atoms with van der Waals surface area (Å²) in [5.74, 6) is 3.01. The zero-order valence-corrected chi connectivity index (χ0v) is 8.98. The maximum absolute atomic E-state index is 6.05. The Hall–Kier alpha value is 0.270. The Morgan fingerprint density at radius 1 is 1.38 bits per heavy atom. The van der Waals surface area contributed by atoms with Crippen LogP contribution in [0.3, 0.4) is 0 Å². The molecule has 4 saturated heterocycles. The van der Waals surface area contributed by atoms with E-state index < -0.39 is 0 Å². The minimum absolute atomic E-state index is 0.237. The van der Waals surface area contributed by atoms with E-state index in [-0.39, 0.29) is 5.60 Å². The molecular formula is C10H17NOS. The Morgan fingerprint density at radius 2 is 2.15 bits per heavy atom. The highest BCUT2D eigenvalue weighted by atomic mass is 32.2. The molecule has 0 radical (unpaired) electrons. The van der Waals surface area contributed by atoms with E-state index >= 15 is 0 Å². The second-order valence-electron chi connectivity index (χ2n) is 4.55. The molecule has 4 heterocycles. The molecule has 2 nitrogen and oxygen atoms in total. The second-order valence-corrected chi connectivity index (χ2v) is 5.48. The van der Waals surface area contributed by atoms with Gasteiger partial charge < -0.3 is 4.74 Å². The standard InChI is InChI=1S/C10H17NOS/c1-8-10(6-13-7-12-10)9-2-4-11(8)5-3-9/h8-9H,2-7H2,1H3. The third kappa shape index (κ3) is 1.04. The molecule has 0 aromatic heterocycles. The smallest absolute Gasteiger partial charge is 0.0965 e. The number of rotatable bonds is 0. The van der Waals surface area contributed by atoms with Crippen molar-refractivity contribution in [1.82, 2.24) is 4.90 Å². The second kappa shape index (κ2) is 2.88. The van der Waals surface area contributed by atoms with E-state index in [1.807, 2.05) is 11.8 Å². The first kappa shape index (κ1) is 8.57. The van der Waals surface area contributed by atoms with Gasteiger partial charge in [0.15, 0.2) is 0 Å². The fourth-order valence-corrected chi connectivity index (χ4v) is 4.56. The third-order valence-electron chi connectivity index (χ3n) is 4.21. The van der Waals surface area contributed by atoms with E-state index in [4.69, 9.17) is 4.74 Å². The number of nitrogens with zero attached hydrogens (tertiary/aromatic N) is 1. The number of ether oxygens (including phenoxy) is 1. The van der Waals surface area contributed by atoms with Crippen molar-refractivity contribution in [2.45, 2.75) is 31.4 Å². The van der Waals surface area contributed by atoms with Gasteiger partial charge >= 0.3 is 0 Å². The van der Waals surface area contributed by atoms with Gasteiger partial charge in [-0.15, -0.1) is 11.8 Å². The summed E-state index contributed by atoms with van der Waals surface area (Å²) in [6.07, 6.45) is 2.73. The predicted octanol–water partition coefficient (Wildman–Crippen LogP) is 1.56. The summed E-state index contributed by atoms with van der Waals surface area (Å²) >= 11 is 1.97. The van der Waals surface area contributed by atoms with Crippen LogP contribution in [0, 0.1) is 5.92 Å².